The van der Waals surface area contributed by atoms with E-state index in [4.69, 9.17) is 0 Å². The molecule has 0 amide bonds. The van der Waals surface area contributed by atoms with Gasteiger partial charge in [-0.25, -0.2) is 8.78 Å². The first-order valence-corrected chi connectivity index (χ1v) is 6.57. The van der Waals surface area contributed by atoms with Crippen molar-refractivity contribution in [1.29, 1.82) is 0 Å². The summed E-state index contributed by atoms with van der Waals surface area (Å²) in [5, 5.41) is 3.48. The molecule has 2 atom stereocenters. The summed E-state index contributed by atoms with van der Waals surface area (Å²) in [7, 11) is 0. The molecule has 1 nitrogen and oxygen atoms in total. The Kier molecular flexibility index (Phi) is 3.71. The fraction of sp³-hybridized carbons (Fsp3) is 0.600. The number of halogens is 2. The van der Waals surface area contributed by atoms with E-state index in [1.54, 1.807) is 6.07 Å². The van der Waals surface area contributed by atoms with Crippen molar-refractivity contribution in [3.8, 4) is 0 Å². The van der Waals surface area contributed by atoms with E-state index in [0.29, 0.717) is 11.8 Å². The molecule has 0 aliphatic heterocycles. The molecule has 1 aromatic carbocycles. The van der Waals surface area contributed by atoms with Crippen molar-refractivity contribution in [3.63, 3.8) is 0 Å². The van der Waals surface area contributed by atoms with E-state index in [1.165, 1.54) is 12.1 Å². The van der Waals surface area contributed by atoms with Crippen molar-refractivity contribution >= 4 is 0 Å². The summed E-state index contributed by atoms with van der Waals surface area (Å²) in [6.07, 6.45) is 2.23. The molecule has 1 aliphatic rings. The Bertz CT molecular complexity index is 423. The lowest BCUT2D eigenvalue weighted by Crippen LogP contribution is -2.42. The molecule has 1 aromatic rings. The van der Waals surface area contributed by atoms with Gasteiger partial charge in [0, 0.05) is 5.54 Å². The second-order valence-electron chi connectivity index (χ2n) is 6.25. The third-order valence-electron chi connectivity index (χ3n) is 3.68. The summed E-state index contributed by atoms with van der Waals surface area (Å²) >= 11 is 0. The minimum Gasteiger partial charge on any atom is -0.312 e. The number of benzene rings is 1. The molecule has 2 rings (SSSR count). The molecule has 1 aliphatic carbocycles. The van der Waals surface area contributed by atoms with Gasteiger partial charge in [-0.15, -0.1) is 0 Å². The number of rotatable bonds is 3. The van der Waals surface area contributed by atoms with E-state index in [0.717, 1.165) is 24.9 Å². The maximum Gasteiger partial charge on any atom is 0.159 e. The van der Waals surface area contributed by atoms with Gasteiger partial charge in [0.05, 0.1) is 0 Å². The smallest absolute Gasteiger partial charge is 0.159 e. The predicted molar refractivity (Wildman–Crippen MR) is 69.6 cm³/mol. The lowest BCUT2D eigenvalue weighted by molar-refractivity contribution is 0.225. The van der Waals surface area contributed by atoms with Crippen LogP contribution in [-0.2, 0) is 0 Å². The van der Waals surface area contributed by atoms with E-state index >= 15 is 0 Å². The molecule has 18 heavy (non-hydrogen) atoms. The Hall–Kier alpha value is -0.960. The summed E-state index contributed by atoms with van der Waals surface area (Å²) in [5.74, 6) is -0.589. The molecule has 0 radical (unpaired) electrons. The third-order valence-corrected chi connectivity index (χ3v) is 3.68. The van der Waals surface area contributed by atoms with Gasteiger partial charge in [-0.2, -0.15) is 0 Å². The molecule has 1 saturated carbocycles. The highest BCUT2D eigenvalue weighted by molar-refractivity contribution is 5.24. The average Bonchev–Trinajstić information content (AvgIpc) is 2.20. The lowest BCUT2D eigenvalue weighted by Gasteiger charge is -2.39. The van der Waals surface area contributed by atoms with E-state index in [9.17, 15) is 8.78 Å². The van der Waals surface area contributed by atoms with Crippen molar-refractivity contribution in [2.75, 3.05) is 6.54 Å². The summed E-state index contributed by atoms with van der Waals surface area (Å²) in [6.45, 7) is 7.35. The van der Waals surface area contributed by atoms with Crippen LogP contribution in [0.4, 0.5) is 8.78 Å². The normalized spacial score (nSPS) is 23.8. The third kappa shape index (κ3) is 3.08. The van der Waals surface area contributed by atoms with Gasteiger partial charge in [-0.1, -0.05) is 6.07 Å². The summed E-state index contributed by atoms with van der Waals surface area (Å²) < 4.78 is 26.1. The molecule has 1 N–H and O–H groups in total. The van der Waals surface area contributed by atoms with Gasteiger partial charge < -0.3 is 5.32 Å². The van der Waals surface area contributed by atoms with Gasteiger partial charge in [0.15, 0.2) is 11.6 Å². The minimum atomic E-state index is -0.762. The molecular formula is C15H21F2N. The predicted octanol–water partition coefficient (Wildman–Crippen LogP) is 3.85. The standard InChI is InChI=1S/C15H21F2N/c1-15(2,3)18-9-11-4-6-12(11)10-5-7-13(16)14(17)8-10/h5,7-8,11-12,18H,4,6,9H2,1-3H3. The first-order chi connectivity index (χ1) is 8.37. The van der Waals surface area contributed by atoms with Gasteiger partial charge in [0.1, 0.15) is 0 Å². The van der Waals surface area contributed by atoms with Crippen LogP contribution in [0.2, 0.25) is 0 Å². The Morgan fingerprint density at radius 2 is 1.89 bits per heavy atom. The highest BCUT2D eigenvalue weighted by Gasteiger charge is 2.32. The maximum absolute atomic E-state index is 13.2. The molecule has 1 fully saturated rings. The van der Waals surface area contributed by atoms with Crippen LogP contribution in [0.1, 0.15) is 45.1 Å². The summed E-state index contributed by atoms with van der Waals surface area (Å²) in [5.41, 5.74) is 1.04. The first-order valence-electron chi connectivity index (χ1n) is 6.57. The fourth-order valence-electron chi connectivity index (χ4n) is 2.43. The highest BCUT2D eigenvalue weighted by atomic mass is 19.2. The van der Waals surface area contributed by atoms with Crippen LogP contribution >= 0.6 is 0 Å². The topological polar surface area (TPSA) is 12.0 Å². The number of nitrogens with one attached hydrogen (secondary N) is 1. The molecule has 0 bridgehead atoms. The van der Waals surface area contributed by atoms with Crippen molar-refractivity contribution in [3.05, 3.63) is 35.4 Å². The summed E-state index contributed by atoms with van der Waals surface area (Å²) in [6, 6.07) is 4.30. The minimum absolute atomic E-state index is 0.105. The van der Waals surface area contributed by atoms with Crippen LogP contribution in [0.25, 0.3) is 0 Å². The van der Waals surface area contributed by atoms with Gasteiger partial charge in [-0.05, 0) is 69.7 Å². The molecular weight excluding hydrogens is 232 g/mol. The van der Waals surface area contributed by atoms with Crippen LogP contribution in [-0.4, -0.2) is 12.1 Å². The zero-order valence-corrected chi connectivity index (χ0v) is 11.3. The van der Waals surface area contributed by atoms with Crippen LogP contribution in [0.15, 0.2) is 18.2 Å². The van der Waals surface area contributed by atoms with Crippen molar-refractivity contribution in [2.24, 2.45) is 5.92 Å². The van der Waals surface area contributed by atoms with Crippen molar-refractivity contribution < 1.29 is 8.78 Å². The Labute approximate surface area is 108 Å². The van der Waals surface area contributed by atoms with E-state index in [2.05, 4.69) is 26.1 Å². The monoisotopic (exact) mass is 253 g/mol. The molecule has 0 aromatic heterocycles. The SMILES string of the molecule is CC(C)(C)NCC1CCC1c1ccc(F)c(F)c1. The molecule has 100 valence electrons. The largest absolute Gasteiger partial charge is 0.312 e. The van der Waals surface area contributed by atoms with E-state index in [-0.39, 0.29) is 5.54 Å². The van der Waals surface area contributed by atoms with E-state index < -0.39 is 11.6 Å². The summed E-state index contributed by atoms with van der Waals surface area (Å²) in [4.78, 5) is 0. The average molecular weight is 253 g/mol. The number of hydrogen-bond donors (Lipinski definition) is 1. The highest BCUT2D eigenvalue weighted by Crippen LogP contribution is 2.42. The van der Waals surface area contributed by atoms with Crippen molar-refractivity contribution in [2.45, 2.75) is 45.1 Å². The second-order valence-corrected chi connectivity index (χ2v) is 6.25. The maximum atomic E-state index is 13.2. The zero-order chi connectivity index (χ0) is 13.3. The second kappa shape index (κ2) is 4.96. The molecule has 2 unspecified atom stereocenters. The van der Waals surface area contributed by atoms with Gasteiger partial charge in [0.25, 0.3) is 0 Å². The Morgan fingerprint density at radius 3 is 2.39 bits per heavy atom. The molecule has 3 heteroatoms. The first kappa shape index (κ1) is 13.5. The van der Waals surface area contributed by atoms with E-state index in [1.807, 2.05) is 0 Å². The van der Waals surface area contributed by atoms with Gasteiger partial charge >= 0.3 is 0 Å². The lowest BCUT2D eigenvalue weighted by atomic mass is 9.70. The van der Waals surface area contributed by atoms with Crippen molar-refractivity contribution in [1.82, 2.24) is 5.32 Å². The fourth-order valence-corrected chi connectivity index (χ4v) is 2.43. The van der Waals surface area contributed by atoms with Gasteiger partial charge in [0.2, 0.25) is 0 Å². The van der Waals surface area contributed by atoms with Crippen LogP contribution in [0.3, 0.4) is 0 Å². The number of hydrogen-bond acceptors (Lipinski definition) is 1. The molecule has 0 heterocycles. The molecule has 0 spiro atoms. The Balaban J connectivity index is 1.99. The van der Waals surface area contributed by atoms with Gasteiger partial charge in [-0.3, -0.25) is 0 Å². The van der Waals surface area contributed by atoms with Crippen LogP contribution < -0.4 is 5.32 Å². The molecule has 0 saturated heterocycles. The van der Waals surface area contributed by atoms with Crippen LogP contribution in [0, 0.1) is 17.6 Å². The zero-order valence-electron chi connectivity index (χ0n) is 11.3. The van der Waals surface area contributed by atoms with Crippen LogP contribution in [0.5, 0.6) is 0 Å². The Morgan fingerprint density at radius 1 is 1.17 bits per heavy atom. The quantitative estimate of drug-likeness (QED) is 0.863.